The second kappa shape index (κ2) is 10.5. The van der Waals surface area contributed by atoms with Crippen LogP contribution in [-0.4, -0.2) is 65.0 Å². The first-order chi connectivity index (χ1) is 19.4. The van der Waals surface area contributed by atoms with Crippen molar-refractivity contribution in [2.75, 3.05) is 19.5 Å². The molecule has 5 rings (SSSR count). The van der Waals surface area contributed by atoms with Crippen molar-refractivity contribution in [3.05, 3.63) is 48.0 Å². The standard InChI is InChI=1S/C31H34F2O7S/c1-18-14-20-21-16-23(32)22-15-19(34)9-10-28(22,2)30(21,33)25(35)17-29(20,3)31(18,27(37)41-13-6-5-11-38-4)40-26(36)24-8-7-12-39-24/h7-10,12,15,18,20-21,23,25,35H,11,13-14,16-17H2,1-4H3/t18-,20?,21?,23+,25+,28+,29+,30+,31+/m1/s1. The molecule has 0 spiro atoms. The van der Waals surface area contributed by atoms with Crippen LogP contribution in [0.15, 0.2) is 46.6 Å². The van der Waals surface area contributed by atoms with Gasteiger partial charge in [0.05, 0.1) is 18.1 Å². The minimum Gasteiger partial charge on any atom is -0.457 e. The Morgan fingerprint density at radius 1 is 1.24 bits per heavy atom. The molecule has 7 nitrogen and oxygen atoms in total. The average molecular weight is 589 g/mol. The number of hydrogen-bond donors (Lipinski definition) is 1. The van der Waals surface area contributed by atoms with E-state index in [1.807, 2.05) is 0 Å². The Bertz CT molecular complexity index is 1360. The van der Waals surface area contributed by atoms with Gasteiger partial charge in [0, 0.05) is 29.8 Å². The highest BCUT2D eigenvalue weighted by Gasteiger charge is 2.78. The van der Waals surface area contributed by atoms with Crippen LogP contribution in [0.5, 0.6) is 0 Å². The van der Waals surface area contributed by atoms with Crippen LogP contribution in [0.1, 0.15) is 50.6 Å². The van der Waals surface area contributed by atoms with E-state index in [9.17, 15) is 19.5 Å². The van der Waals surface area contributed by atoms with Crippen LogP contribution in [-0.2, 0) is 19.1 Å². The van der Waals surface area contributed by atoms with E-state index >= 15 is 8.78 Å². The van der Waals surface area contributed by atoms with Crippen molar-refractivity contribution >= 4 is 28.6 Å². The normalized spacial score (nSPS) is 40.9. The summed E-state index contributed by atoms with van der Waals surface area (Å²) in [6.45, 7) is 5.21. The zero-order chi connectivity index (χ0) is 29.8. The first kappa shape index (κ1) is 29.7. The molecule has 0 saturated heterocycles. The fourth-order valence-electron chi connectivity index (χ4n) is 8.19. The molecule has 9 atom stereocenters. The number of carbonyl (C=O) groups excluding carboxylic acids is 3. The zero-order valence-corrected chi connectivity index (χ0v) is 24.3. The Hall–Kier alpha value is -2.74. The number of ketones is 1. The number of rotatable bonds is 5. The Morgan fingerprint density at radius 3 is 2.68 bits per heavy atom. The predicted molar refractivity (Wildman–Crippen MR) is 147 cm³/mol. The van der Waals surface area contributed by atoms with Crippen molar-refractivity contribution in [1.29, 1.82) is 0 Å². The van der Waals surface area contributed by atoms with Gasteiger partial charge in [-0.1, -0.05) is 43.5 Å². The molecule has 0 bridgehead atoms. The zero-order valence-electron chi connectivity index (χ0n) is 23.4. The molecule has 220 valence electrons. The Kier molecular flexibility index (Phi) is 7.63. The summed E-state index contributed by atoms with van der Waals surface area (Å²) in [6.07, 6.45) is 1.56. The minimum absolute atomic E-state index is 0.0224. The highest BCUT2D eigenvalue weighted by molar-refractivity contribution is 8.14. The second-order valence-corrected chi connectivity index (χ2v) is 12.9. The van der Waals surface area contributed by atoms with E-state index in [4.69, 9.17) is 13.9 Å². The van der Waals surface area contributed by atoms with Gasteiger partial charge >= 0.3 is 5.97 Å². The van der Waals surface area contributed by atoms with Crippen molar-refractivity contribution in [3.8, 4) is 11.8 Å². The maximum Gasteiger partial charge on any atom is 0.375 e. The van der Waals surface area contributed by atoms with Gasteiger partial charge in [-0.3, -0.25) is 9.59 Å². The molecular weight excluding hydrogens is 554 g/mol. The van der Waals surface area contributed by atoms with Crippen molar-refractivity contribution in [2.24, 2.45) is 28.6 Å². The van der Waals surface area contributed by atoms with Crippen molar-refractivity contribution in [1.82, 2.24) is 0 Å². The highest BCUT2D eigenvalue weighted by atomic mass is 32.2. The number of aliphatic hydroxyl groups is 1. The molecule has 3 saturated carbocycles. The SMILES string of the molecule is COCC#CCSC(=O)[C@@]1(OC(=O)c2ccco2)[C@H](C)CC2C3C[C@H](F)C4=CC(=O)C=C[C@]4(C)[C@@]3(F)[C@@H](O)C[C@@]21C. The van der Waals surface area contributed by atoms with Crippen molar-refractivity contribution in [2.45, 2.75) is 63.6 Å². The van der Waals surface area contributed by atoms with Gasteiger partial charge in [-0.2, -0.15) is 0 Å². The van der Waals surface area contributed by atoms with E-state index in [1.165, 1.54) is 44.6 Å². The lowest BCUT2D eigenvalue weighted by Crippen LogP contribution is -2.70. The maximum absolute atomic E-state index is 17.6. The number of aliphatic hydroxyl groups excluding tert-OH is 1. The molecule has 10 heteroatoms. The number of carbonyl (C=O) groups is 3. The minimum atomic E-state index is -2.31. The van der Waals surface area contributed by atoms with Crippen LogP contribution in [0.3, 0.4) is 0 Å². The summed E-state index contributed by atoms with van der Waals surface area (Å²) in [4.78, 5) is 39.6. The Balaban J connectivity index is 1.59. The van der Waals surface area contributed by atoms with E-state index in [-0.39, 0.29) is 43.0 Å². The summed E-state index contributed by atoms with van der Waals surface area (Å²) in [5.74, 6) is 2.13. The fraction of sp³-hybridized carbons (Fsp3) is 0.581. The summed E-state index contributed by atoms with van der Waals surface area (Å²) < 4.78 is 49.7. The average Bonchev–Trinajstić information content (AvgIpc) is 3.54. The number of alkyl halides is 2. The molecule has 0 aromatic carbocycles. The summed E-state index contributed by atoms with van der Waals surface area (Å²) in [6, 6.07) is 2.94. The molecule has 41 heavy (non-hydrogen) atoms. The van der Waals surface area contributed by atoms with Crippen LogP contribution in [0, 0.1) is 40.4 Å². The number of ether oxygens (including phenoxy) is 2. The third kappa shape index (κ3) is 4.18. The highest BCUT2D eigenvalue weighted by Crippen LogP contribution is 2.72. The van der Waals surface area contributed by atoms with Crippen LogP contribution in [0.4, 0.5) is 8.78 Å². The number of hydrogen-bond acceptors (Lipinski definition) is 8. The van der Waals surface area contributed by atoms with Crippen LogP contribution < -0.4 is 0 Å². The summed E-state index contributed by atoms with van der Waals surface area (Å²) in [7, 11) is 1.50. The Morgan fingerprint density at radius 2 is 2.00 bits per heavy atom. The smallest absolute Gasteiger partial charge is 0.375 e. The number of esters is 1. The number of furan rings is 1. The first-order valence-corrected chi connectivity index (χ1v) is 14.7. The molecule has 2 unspecified atom stereocenters. The van der Waals surface area contributed by atoms with Gasteiger partial charge in [-0.15, -0.1) is 0 Å². The van der Waals surface area contributed by atoms with Gasteiger partial charge in [-0.05, 0) is 62.0 Å². The monoisotopic (exact) mass is 588 g/mol. The van der Waals surface area contributed by atoms with Crippen LogP contribution >= 0.6 is 11.8 Å². The van der Waals surface area contributed by atoms with Crippen molar-refractivity contribution < 1.29 is 42.2 Å². The molecule has 0 amide bonds. The number of allylic oxidation sites excluding steroid dienone is 4. The largest absolute Gasteiger partial charge is 0.457 e. The third-order valence-electron chi connectivity index (χ3n) is 10.1. The lowest BCUT2D eigenvalue weighted by molar-refractivity contribution is -0.221. The fourth-order valence-corrected chi connectivity index (χ4v) is 9.19. The Labute approximate surface area is 242 Å². The molecule has 1 aromatic heterocycles. The van der Waals surface area contributed by atoms with Crippen LogP contribution in [0.2, 0.25) is 0 Å². The first-order valence-electron chi connectivity index (χ1n) is 13.7. The molecule has 0 aliphatic heterocycles. The summed E-state index contributed by atoms with van der Waals surface area (Å²) >= 11 is 0.885. The van der Waals surface area contributed by atoms with Gasteiger partial charge in [0.2, 0.25) is 10.9 Å². The molecule has 3 fully saturated rings. The number of thioether (sulfide) groups is 1. The predicted octanol–water partition coefficient (Wildman–Crippen LogP) is 4.65. The van der Waals surface area contributed by atoms with E-state index in [0.29, 0.717) is 0 Å². The van der Waals surface area contributed by atoms with Gasteiger partial charge in [0.1, 0.15) is 12.8 Å². The molecular formula is C31H34F2O7S. The van der Waals surface area contributed by atoms with E-state index < -0.39 is 69.0 Å². The van der Waals surface area contributed by atoms with Crippen LogP contribution in [0.25, 0.3) is 0 Å². The molecule has 4 aliphatic rings. The third-order valence-corrected chi connectivity index (χ3v) is 10.9. The molecule has 0 radical (unpaired) electrons. The lowest BCUT2D eigenvalue weighted by atomic mass is 9.44. The van der Waals surface area contributed by atoms with Crippen molar-refractivity contribution in [3.63, 3.8) is 0 Å². The molecule has 4 aliphatic carbocycles. The number of fused-ring (bicyclic) bond motifs is 5. The summed E-state index contributed by atoms with van der Waals surface area (Å²) in [5.41, 5.74) is -6.87. The van der Waals surface area contributed by atoms with Gasteiger partial charge in [-0.25, -0.2) is 13.6 Å². The number of halogens is 2. The van der Waals surface area contributed by atoms with Gasteiger partial charge < -0.3 is 19.0 Å². The quantitative estimate of drug-likeness (QED) is 0.392. The lowest BCUT2D eigenvalue weighted by Gasteiger charge is -2.63. The second-order valence-electron chi connectivity index (χ2n) is 12.0. The number of methoxy groups -OCH3 is 1. The molecule has 1 heterocycles. The molecule has 1 N–H and O–H groups in total. The van der Waals surface area contributed by atoms with E-state index in [0.717, 1.165) is 17.8 Å². The van der Waals surface area contributed by atoms with E-state index in [2.05, 4.69) is 11.8 Å². The van der Waals surface area contributed by atoms with Gasteiger partial charge in [0.15, 0.2) is 17.1 Å². The maximum atomic E-state index is 17.6. The van der Waals surface area contributed by atoms with E-state index in [1.54, 1.807) is 13.8 Å². The summed E-state index contributed by atoms with van der Waals surface area (Å²) in [5, 5.41) is 11.2. The van der Waals surface area contributed by atoms with Gasteiger partial charge in [0.25, 0.3) is 0 Å². The molecule has 1 aromatic rings. The topological polar surface area (TPSA) is 103 Å².